The average Bonchev–Trinajstić information content (AvgIpc) is 3.13. The third-order valence-electron chi connectivity index (χ3n) is 4.21. The van der Waals surface area contributed by atoms with E-state index in [9.17, 15) is 18.7 Å². The Morgan fingerprint density at radius 3 is 2.37 bits per heavy atom. The van der Waals surface area contributed by atoms with E-state index in [2.05, 4.69) is 16.7 Å². The van der Waals surface area contributed by atoms with Gasteiger partial charge in [0, 0.05) is 11.6 Å². The van der Waals surface area contributed by atoms with Crippen LogP contribution in [0.25, 0.3) is 5.57 Å². The van der Waals surface area contributed by atoms with Crippen LogP contribution < -0.4 is 0 Å². The number of carboxylic acid groups (broad SMARTS) is 1. The Balaban J connectivity index is 2.08. The largest absolute Gasteiger partial charge is 0.478 e. The van der Waals surface area contributed by atoms with Crippen LogP contribution in [0.4, 0.5) is 8.78 Å². The summed E-state index contributed by atoms with van der Waals surface area (Å²) in [5, 5.41) is 24.3. The number of nitrogens with zero attached hydrogens (tertiary/aromatic N) is 3. The number of aliphatic hydroxyl groups is 1. The zero-order chi connectivity index (χ0) is 19.6. The number of carbonyl (C=O) groups is 1. The van der Waals surface area contributed by atoms with E-state index in [4.69, 9.17) is 5.11 Å². The Labute approximate surface area is 153 Å². The lowest BCUT2D eigenvalue weighted by Crippen LogP contribution is -2.34. The zero-order valence-corrected chi connectivity index (χ0v) is 14.0. The van der Waals surface area contributed by atoms with Crippen molar-refractivity contribution < 1.29 is 23.8 Å². The van der Waals surface area contributed by atoms with Gasteiger partial charge in [-0.05, 0) is 35.4 Å². The van der Waals surface area contributed by atoms with Gasteiger partial charge in [0.1, 0.15) is 29.9 Å². The molecule has 3 aromatic rings. The van der Waals surface area contributed by atoms with Crippen molar-refractivity contribution in [1.29, 1.82) is 0 Å². The molecule has 27 heavy (non-hydrogen) atoms. The molecule has 0 bridgehead atoms. The van der Waals surface area contributed by atoms with Gasteiger partial charge < -0.3 is 10.2 Å². The van der Waals surface area contributed by atoms with E-state index in [1.807, 2.05) is 0 Å². The second-order valence-corrected chi connectivity index (χ2v) is 5.94. The number of carboxylic acids is 1. The van der Waals surface area contributed by atoms with Gasteiger partial charge in [-0.25, -0.2) is 23.2 Å². The Bertz CT molecular complexity index is 988. The summed E-state index contributed by atoms with van der Waals surface area (Å²) in [4.78, 5) is 14.8. The van der Waals surface area contributed by atoms with E-state index >= 15 is 0 Å². The minimum atomic E-state index is -1.98. The van der Waals surface area contributed by atoms with Crippen molar-refractivity contribution in [2.45, 2.75) is 12.1 Å². The van der Waals surface area contributed by atoms with Gasteiger partial charge >= 0.3 is 5.97 Å². The van der Waals surface area contributed by atoms with Crippen LogP contribution in [0.1, 0.15) is 21.5 Å². The quantitative estimate of drug-likeness (QED) is 0.696. The first kappa shape index (κ1) is 18.4. The van der Waals surface area contributed by atoms with E-state index < -0.39 is 23.2 Å². The lowest BCUT2D eigenvalue weighted by atomic mass is 9.82. The molecule has 0 aliphatic rings. The van der Waals surface area contributed by atoms with Crippen LogP contribution in [0.15, 0.2) is 61.7 Å². The fourth-order valence-corrected chi connectivity index (χ4v) is 2.77. The summed E-state index contributed by atoms with van der Waals surface area (Å²) in [6.45, 7) is 3.65. The van der Waals surface area contributed by atoms with Crippen molar-refractivity contribution >= 4 is 11.5 Å². The molecule has 3 rings (SSSR count). The summed E-state index contributed by atoms with van der Waals surface area (Å²) in [5.74, 6) is -2.83. The number of aromatic nitrogens is 3. The summed E-state index contributed by atoms with van der Waals surface area (Å²) >= 11 is 0. The predicted octanol–water partition coefficient (Wildman–Crippen LogP) is 2.86. The van der Waals surface area contributed by atoms with Crippen LogP contribution in [0.3, 0.4) is 0 Å². The van der Waals surface area contributed by atoms with Gasteiger partial charge in [-0.2, -0.15) is 5.10 Å². The van der Waals surface area contributed by atoms with Gasteiger partial charge in [0.15, 0.2) is 0 Å². The van der Waals surface area contributed by atoms with E-state index in [0.717, 1.165) is 12.1 Å². The molecule has 1 heterocycles. The van der Waals surface area contributed by atoms with Crippen LogP contribution in [-0.4, -0.2) is 30.9 Å². The van der Waals surface area contributed by atoms with Crippen molar-refractivity contribution in [3.8, 4) is 0 Å². The first-order valence-electron chi connectivity index (χ1n) is 7.84. The fourth-order valence-electron chi connectivity index (χ4n) is 2.77. The summed E-state index contributed by atoms with van der Waals surface area (Å²) < 4.78 is 29.1. The first-order valence-corrected chi connectivity index (χ1v) is 7.84. The van der Waals surface area contributed by atoms with Crippen molar-refractivity contribution in [2.24, 2.45) is 0 Å². The molecule has 2 N–H and O–H groups in total. The maximum atomic E-state index is 14.5. The number of halogens is 2. The van der Waals surface area contributed by atoms with Crippen LogP contribution >= 0.6 is 0 Å². The predicted molar refractivity (Wildman–Crippen MR) is 92.7 cm³/mol. The molecule has 0 aliphatic carbocycles. The first-order chi connectivity index (χ1) is 12.8. The molecule has 0 saturated carbocycles. The molecule has 1 aromatic heterocycles. The summed E-state index contributed by atoms with van der Waals surface area (Å²) in [6.07, 6.45) is 2.60. The van der Waals surface area contributed by atoms with E-state index in [0.29, 0.717) is 11.6 Å². The number of benzene rings is 2. The monoisotopic (exact) mass is 371 g/mol. The maximum absolute atomic E-state index is 14.5. The van der Waals surface area contributed by atoms with Gasteiger partial charge in [-0.15, -0.1) is 0 Å². The molecular formula is C19H15F2N3O3. The third kappa shape index (κ3) is 3.61. The molecule has 0 fully saturated rings. The van der Waals surface area contributed by atoms with Crippen LogP contribution in [0, 0.1) is 11.6 Å². The van der Waals surface area contributed by atoms with Gasteiger partial charge in [-0.3, -0.25) is 0 Å². The normalized spacial score (nSPS) is 13.1. The standard InChI is InChI=1S/C19H15F2N3O3/c1-12(13-2-4-14(5-3-13)18(25)26)19(27,9-24-11-22-10-23-24)16-7-6-15(20)8-17(16)21/h2-8,10-11,27H,1,9H2,(H,25,26). The fraction of sp³-hybridized carbons (Fsp3) is 0.105. The molecule has 8 heteroatoms. The number of hydrogen-bond donors (Lipinski definition) is 2. The average molecular weight is 371 g/mol. The molecule has 0 spiro atoms. The van der Waals surface area contributed by atoms with Gasteiger partial charge in [-0.1, -0.05) is 18.7 Å². The summed E-state index contributed by atoms with van der Waals surface area (Å²) in [5.41, 5.74) is -1.62. The Hall–Kier alpha value is -3.39. The highest BCUT2D eigenvalue weighted by Gasteiger charge is 2.37. The summed E-state index contributed by atoms with van der Waals surface area (Å²) in [7, 11) is 0. The smallest absolute Gasteiger partial charge is 0.335 e. The van der Waals surface area contributed by atoms with Gasteiger partial charge in [0.25, 0.3) is 0 Å². The lowest BCUT2D eigenvalue weighted by Gasteiger charge is -2.31. The van der Waals surface area contributed by atoms with Crippen LogP contribution in [0.5, 0.6) is 0 Å². The molecule has 0 aliphatic heterocycles. The van der Waals surface area contributed by atoms with E-state index in [1.54, 1.807) is 0 Å². The van der Waals surface area contributed by atoms with Crippen molar-refractivity contribution in [2.75, 3.05) is 0 Å². The van der Waals surface area contributed by atoms with Crippen molar-refractivity contribution in [3.05, 3.63) is 90.0 Å². The number of aromatic carboxylic acids is 1. The number of hydrogen-bond acceptors (Lipinski definition) is 4. The Morgan fingerprint density at radius 2 is 1.81 bits per heavy atom. The molecule has 0 radical (unpaired) electrons. The molecule has 1 atom stereocenters. The Kier molecular flexibility index (Phi) is 4.83. The topological polar surface area (TPSA) is 88.2 Å². The Morgan fingerprint density at radius 1 is 1.15 bits per heavy atom. The van der Waals surface area contributed by atoms with Crippen molar-refractivity contribution in [3.63, 3.8) is 0 Å². The molecular weight excluding hydrogens is 356 g/mol. The molecule has 6 nitrogen and oxygen atoms in total. The highest BCUT2D eigenvalue weighted by atomic mass is 19.1. The second-order valence-electron chi connectivity index (χ2n) is 5.94. The lowest BCUT2D eigenvalue weighted by molar-refractivity contribution is 0.0696. The highest BCUT2D eigenvalue weighted by Crippen LogP contribution is 2.38. The van der Waals surface area contributed by atoms with E-state index in [1.165, 1.54) is 41.6 Å². The van der Waals surface area contributed by atoms with Gasteiger partial charge in [0.05, 0.1) is 12.1 Å². The van der Waals surface area contributed by atoms with Crippen LogP contribution in [-0.2, 0) is 12.1 Å². The summed E-state index contributed by atoms with van der Waals surface area (Å²) in [6, 6.07) is 8.45. The number of rotatable bonds is 6. The van der Waals surface area contributed by atoms with Gasteiger partial charge in [0.2, 0.25) is 0 Å². The minimum Gasteiger partial charge on any atom is -0.478 e. The maximum Gasteiger partial charge on any atom is 0.335 e. The zero-order valence-electron chi connectivity index (χ0n) is 14.0. The minimum absolute atomic E-state index is 0.0549. The molecule has 138 valence electrons. The highest BCUT2D eigenvalue weighted by molar-refractivity contribution is 5.88. The second kappa shape index (κ2) is 7.08. The van der Waals surface area contributed by atoms with E-state index in [-0.39, 0.29) is 23.2 Å². The third-order valence-corrected chi connectivity index (χ3v) is 4.21. The molecule has 0 amide bonds. The van der Waals surface area contributed by atoms with Crippen LogP contribution in [0.2, 0.25) is 0 Å². The molecule has 0 saturated heterocycles. The van der Waals surface area contributed by atoms with Crippen molar-refractivity contribution in [1.82, 2.24) is 14.8 Å². The SMILES string of the molecule is C=C(c1ccc(C(=O)O)cc1)C(O)(Cn1cncn1)c1ccc(F)cc1F. The molecule has 1 unspecified atom stereocenters. The molecule has 2 aromatic carbocycles.